The van der Waals surface area contributed by atoms with Gasteiger partial charge in [0.05, 0.1) is 22.1 Å². The summed E-state index contributed by atoms with van der Waals surface area (Å²) in [5.74, 6) is 3.39. The lowest BCUT2D eigenvalue weighted by Crippen LogP contribution is -2.05. The number of aromatic amines is 1. The van der Waals surface area contributed by atoms with Gasteiger partial charge in [-0.05, 0) is 151 Å². The summed E-state index contributed by atoms with van der Waals surface area (Å²) >= 11 is 0. The highest BCUT2D eigenvalue weighted by molar-refractivity contribution is 6.14. The van der Waals surface area contributed by atoms with Gasteiger partial charge in [0.2, 0.25) is 0 Å². The summed E-state index contributed by atoms with van der Waals surface area (Å²) in [6, 6.07) is 33.0. The third kappa shape index (κ3) is 4.58. The van der Waals surface area contributed by atoms with E-state index in [1.165, 1.54) is 44.0 Å². The number of imidazole rings is 1. The third-order valence-electron chi connectivity index (χ3n) is 10.8. The molecule has 0 saturated carbocycles. The number of benzene rings is 4. The van der Waals surface area contributed by atoms with Gasteiger partial charge in [-0.1, -0.05) is 0 Å². The number of pyridine rings is 2. The van der Waals surface area contributed by atoms with Gasteiger partial charge in [0.25, 0.3) is 0 Å². The summed E-state index contributed by atoms with van der Waals surface area (Å²) in [6.45, 7) is 4.24. The molecule has 10 aromatic rings. The summed E-state index contributed by atoms with van der Waals surface area (Å²) in [5, 5.41) is 4.77. The first-order valence-electron chi connectivity index (χ1n) is 17.9. The first-order chi connectivity index (χ1) is 26.1. The van der Waals surface area contributed by atoms with Gasteiger partial charge in [0, 0.05) is 69.9 Å². The van der Waals surface area contributed by atoms with Crippen molar-refractivity contribution in [3.8, 4) is 45.5 Å². The fourth-order valence-corrected chi connectivity index (χ4v) is 8.34. The minimum atomic E-state index is 0.717. The molecule has 11 rings (SSSR count). The van der Waals surface area contributed by atoms with Crippen LogP contribution in [-0.4, -0.2) is 39.0 Å². The maximum absolute atomic E-state index is 4.88. The largest absolute Gasteiger partial charge is 0.345 e. The highest BCUT2D eigenvalue weighted by Gasteiger charge is 2.24. The van der Waals surface area contributed by atoms with Crippen LogP contribution in [0, 0.1) is 13.8 Å². The topological polar surface area (TPSA) is 90.1 Å². The van der Waals surface area contributed by atoms with Gasteiger partial charge in [0.15, 0.2) is 5.82 Å². The zero-order valence-electron chi connectivity index (χ0n) is 29.2. The number of nitrogens with zero attached hydrogens (tertiary/aromatic N) is 7. The van der Waals surface area contributed by atoms with Crippen molar-refractivity contribution in [3.05, 3.63) is 150 Å². The van der Waals surface area contributed by atoms with Crippen molar-refractivity contribution >= 4 is 43.6 Å². The predicted molar refractivity (Wildman–Crippen MR) is 212 cm³/mol. The van der Waals surface area contributed by atoms with Crippen LogP contribution in [0.5, 0.6) is 0 Å². The van der Waals surface area contributed by atoms with Crippen LogP contribution in [0.15, 0.2) is 128 Å². The molecule has 6 aromatic heterocycles. The number of H-pyrrole nitrogens is 1. The number of aryl methyl sites for hydroxylation is 4. The van der Waals surface area contributed by atoms with Crippen LogP contribution in [0.4, 0.5) is 0 Å². The van der Waals surface area contributed by atoms with E-state index in [1.807, 2.05) is 36.8 Å². The van der Waals surface area contributed by atoms with Crippen molar-refractivity contribution in [2.75, 3.05) is 0 Å². The van der Waals surface area contributed by atoms with E-state index in [4.69, 9.17) is 9.97 Å². The van der Waals surface area contributed by atoms with Crippen LogP contribution in [0.2, 0.25) is 0 Å². The first-order valence-corrected chi connectivity index (χ1v) is 17.9. The van der Waals surface area contributed by atoms with Crippen molar-refractivity contribution in [1.29, 1.82) is 0 Å². The van der Waals surface area contributed by atoms with Crippen molar-refractivity contribution in [3.63, 3.8) is 0 Å². The van der Waals surface area contributed by atoms with Crippen molar-refractivity contribution in [2.45, 2.75) is 26.7 Å². The summed E-state index contributed by atoms with van der Waals surface area (Å²) < 4.78 is 4.63. The monoisotopic (exact) mass is 684 g/mol. The van der Waals surface area contributed by atoms with Crippen molar-refractivity contribution < 1.29 is 0 Å². The van der Waals surface area contributed by atoms with Gasteiger partial charge >= 0.3 is 0 Å². The molecule has 0 unspecified atom stereocenters. The van der Waals surface area contributed by atoms with Crippen LogP contribution in [0.3, 0.4) is 0 Å². The zero-order chi connectivity index (χ0) is 35.2. The Hall–Kier alpha value is -6.93. The number of hydrogen-bond acceptors (Lipinski definition) is 5. The molecule has 8 nitrogen and oxygen atoms in total. The Morgan fingerprint density at radius 1 is 0.491 bits per heavy atom. The molecule has 53 heavy (non-hydrogen) atoms. The predicted octanol–water partition coefficient (Wildman–Crippen LogP) is 9.90. The number of fused-ring (bicyclic) bond motifs is 9. The van der Waals surface area contributed by atoms with E-state index >= 15 is 0 Å². The Bertz CT molecular complexity index is 3080. The molecule has 0 fully saturated rings. The minimum Gasteiger partial charge on any atom is -0.345 e. The molecule has 1 aliphatic carbocycles. The highest BCUT2D eigenvalue weighted by Crippen LogP contribution is 2.44. The Morgan fingerprint density at radius 3 is 1.58 bits per heavy atom. The molecule has 4 aromatic carbocycles. The second-order valence-corrected chi connectivity index (χ2v) is 14.1. The van der Waals surface area contributed by atoms with E-state index in [-0.39, 0.29) is 0 Å². The average Bonchev–Trinajstić information content (AvgIpc) is 3.92. The first kappa shape index (κ1) is 29.8. The van der Waals surface area contributed by atoms with Gasteiger partial charge in [-0.25, -0.2) is 24.9 Å². The maximum atomic E-state index is 4.88. The quantitative estimate of drug-likeness (QED) is 0.199. The lowest BCUT2D eigenvalue weighted by atomic mass is 9.84. The van der Waals surface area contributed by atoms with E-state index in [0.29, 0.717) is 0 Å². The molecular weight excluding hydrogens is 653 g/mol. The van der Waals surface area contributed by atoms with Gasteiger partial charge in [-0.15, -0.1) is 0 Å². The van der Waals surface area contributed by atoms with Crippen LogP contribution >= 0.6 is 0 Å². The molecule has 8 heteroatoms. The van der Waals surface area contributed by atoms with E-state index in [9.17, 15) is 0 Å². The van der Waals surface area contributed by atoms with E-state index in [2.05, 4.69) is 116 Å². The van der Waals surface area contributed by atoms with Crippen LogP contribution in [0.25, 0.3) is 89.2 Å². The molecule has 252 valence electrons. The Balaban J connectivity index is 1.19. The molecule has 0 bridgehead atoms. The molecular formula is C45H32N8. The molecule has 0 spiro atoms. The molecule has 0 radical (unpaired) electrons. The van der Waals surface area contributed by atoms with Gasteiger partial charge < -0.3 is 4.98 Å². The summed E-state index contributed by atoms with van der Waals surface area (Å²) in [7, 11) is 0. The summed E-state index contributed by atoms with van der Waals surface area (Å²) in [5.41, 5.74) is 14.1. The third-order valence-corrected chi connectivity index (χ3v) is 10.8. The molecule has 0 atom stereocenters. The second-order valence-electron chi connectivity index (χ2n) is 14.1. The Kier molecular flexibility index (Phi) is 6.34. The smallest absolute Gasteiger partial charge is 0.159 e. The van der Waals surface area contributed by atoms with Gasteiger partial charge in [-0.2, -0.15) is 0 Å². The van der Waals surface area contributed by atoms with E-state index < -0.39 is 0 Å². The van der Waals surface area contributed by atoms with Crippen molar-refractivity contribution in [2.24, 2.45) is 0 Å². The second kappa shape index (κ2) is 11.3. The van der Waals surface area contributed by atoms with E-state index in [1.54, 1.807) is 18.6 Å². The molecule has 0 aliphatic heterocycles. The molecule has 1 aliphatic rings. The molecule has 0 amide bonds. The zero-order valence-corrected chi connectivity index (χ0v) is 29.2. The van der Waals surface area contributed by atoms with Gasteiger partial charge in [-0.3, -0.25) is 9.13 Å². The maximum Gasteiger partial charge on any atom is 0.159 e. The van der Waals surface area contributed by atoms with Gasteiger partial charge in [0.1, 0.15) is 17.5 Å². The van der Waals surface area contributed by atoms with Crippen LogP contribution in [-0.2, 0) is 12.8 Å². The molecule has 1 N–H and O–H groups in total. The average molecular weight is 685 g/mol. The fourth-order valence-electron chi connectivity index (χ4n) is 8.34. The Morgan fingerprint density at radius 2 is 1.04 bits per heavy atom. The van der Waals surface area contributed by atoms with Crippen LogP contribution < -0.4 is 0 Å². The lowest BCUT2D eigenvalue weighted by molar-refractivity contribution is 0.945. The van der Waals surface area contributed by atoms with E-state index in [0.717, 1.165) is 80.3 Å². The minimum absolute atomic E-state index is 0.717. The highest BCUT2D eigenvalue weighted by atomic mass is 15.1. The summed E-state index contributed by atoms with van der Waals surface area (Å²) in [4.78, 5) is 26.7. The number of aromatic nitrogens is 8. The Labute approximate surface area is 304 Å². The fraction of sp³-hybridized carbons (Fsp3) is 0.0889. The number of nitrogens with one attached hydrogen (secondary N) is 1. The number of rotatable bonds is 4. The lowest BCUT2D eigenvalue weighted by Gasteiger charge is -2.21. The van der Waals surface area contributed by atoms with Crippen LogP contribution in [0.1, 0.15) is 22.3 Å². The SMILES string of the molecule is Cc1ccnc(-n2c3ccc(-c4ncccn4)cc3c3cc4c(cc32)-c2cc3c(cc2CC4)c2cc(-c4ncc[nH]4)ccc2n3-c2cc(C)ccn2)c1. The number of hydrogen-bond donors (Lipinski definition) is 1. The molecule has 6 heterocycles. The molecule has 0 saturated heterocycles. The summed E-state index contributed by atoms with van der Waals surface area (Å²) in [6.07, 6.45) is 13.0. The standard InChI is InChI=1S/C45H32N8/c1-26-10-14-46-42(18-26)52-38-8-6-30(44-48-12-3-13-49-44)22-34(38)36-20-28-4-5-29-21-37-35-23-31(45-50-16-17-51-45)7-9-39(35)53(43-19-27(2)11-15-47-43)41(37)25-33(29)32(28)24-40(36)52/h3,6-25H,4-5H2,1-2H3,(H,50,51). The van der Waals surface area contributed by atoms with Crippen molar-refractivity contribution in [1.82, 2.24) is 39.0 Å². The normalized spacial score (nSPS) is 12.6.